The van der Waals surface area contributed by atoms with Crippen LogP contribution >= 0.6 is 23.2 Å². The van der Waals surface area contributed by atoms with E-state index < -0.39 is 6.10 Å². The molecule has 0 aliphatic heterocycles. The number of rotatable bonds is 5. The van der Waals surface area contributed by atoms with Crippen LogP contribution in [0.25, 0.3) is 0 Å². The Labute approximate surface area is 160 Å². The number of benzene rings is 2. The van der Waals surface area contributed by atoms with Crippen LogP contribution in [-0.2, 0) is 4.79 Å². The van der Waals surface area contributed by atoms with E-state index in [0.717, 1.165) is 11.1 Å². The fourth-order valence-electron chi connectivity index (χ4n) is 2.38. The summed E-state index contributed by atoms with van der Waals surface area (Å²) in [7, 11) is 1.68. The highest BCUT2D eigenvalue weighted by Gasteiger charge is 2.22. The van der Waals surface area contributed by atoms with Crippen LogP contribution in [0.3, 0.4) is 0 Å². The molecule has 2 aromatic carbocycles. The third-order valence-electron chi connectivity index (χ3n) is 3.82. The van der Waals surface area contributed by atoms with Gasteiger partial charge in [0.2, 0.25) is 5.91 Å². The minimum atomic E-state index is -0.717. The first-order valence-electron chi connectivity index (χ1n) is 8.33. The lowest BCUT2D eigenvalue weighted by Gasteiger charge is -2.24. The largest absolute Gasteiger partial charge is 0.387 e. The van der Waals surface area contributed by atoms with Crippen molar-refractivity contribution >= 4 is 29.1 Å². The van der Waals surface area contributed by atoms with Crippen LogP contribution in [-0.4, -0.2) is 29.5 Å². The second-order valence-corrected chi connectivity index (χ2v) is 6.35. The van der Waals surface area contributed by atoms with Gasteiger partial charge in [-0.25, -0.2) is 0 Å². The smallest absolute Gasteiger partial charge is 0.229 e. The molecule has 0 aromatic heterocycles. The summed E-state index contributed by atoms with van der Waals surface area (Å²) >= 11 is 11.9. The maximum atomic E-state index is 12.5. The molecule has 0 radical (unpaired) electrons. The van der Waals surface area contributed by atoms with Gasteiger partial charge in [-0.1, -0.05) is 73.4 Å². The Morgan fingerprint density at radius 2 is 1.64 bits per heavy atom. The molecule has 1 amide bonds. The first-order valence-corrected chi connectivity index (χ1v) is 9.08. The first-order chi connectivity index (χ1) is 11.9. The number of aliphatic hydroxyl groups excluding tert-OH is 1. The van der Waals surface area contributed by atoms with E-state index in [1.54, 1.807) is 25.2 Å². The van der Waals surface area contributed by atoms with E-state index in [4.69, 9.17) is 23.2 Å². The van der Waals surface area contributed by atoms with Gasteiger partial charge in [0.1, 0.15) is 0 Å². The van der Waals surface area contributed by atoms with Crippen LogP contribution in [0.2, 0.25) is 10.0 Å². The van der Waals surface area contributed by atoms with E-state index in [1.165, 1.54) is 4.90 Å². The average molecular weight is 382 g/mol. The second-order valence-electron chi connectivity index (χ2n) is 5.54. The summed E-state index contributed by atoms with van der Waals surface area (Å²) < 4.78 is 0. The topological polar surface area (TPSA) is 40.5 Å². The molecular weight excluding hydrogens is 357 g/mol. The lowest BCUT2D eigenvalue weighted by atomic mass is 9.99. The molecule has 3 nitrogen and oxygen atoms in total. The fraction of sp³-hybridized carbons (Fsp3) is 0.350. The SMILES string of the molecule is CC.CC(C(=O)N(C)CC(O)c1ccccc1)c1ccc(Cl)c(Cl)c1. The molecule has 0 saturated carbocycles. The number of halogens is 2. The molecule has 0 aliphatic carbocycles. The van der Waals surface area contributed by atoms with Crippen molar-refractivity contribution in [1.29, 1.82) is 0 Å². The zero-order chi connectivity index (χ0) is 19.0. The Balaban J connectivity index is 0.00000151. The highest BCUT2D eigenvalue weighted by Crippen LogP contribution is 2.27. The molecule has 0 fully saturated rings. The minimum absolute atomic E-state index is 0.0848. The van der Waals surface area contributed by atoms with Crippen LogP contribution < -0.4 is 0 Å². The van der Waals surface area contributed by atoms with E-state index in [9.17, 15) is 9.90 Å². The molecule has 1 N–H and O–H groups in total. The summed E-state index contributed by atoms with van der Waals surface area (Å²) in [5.74, 6) is -0.448. The van der Waals surface area contributed by atoms with Crippen LogP contribution in [0.5, 0.6) is 0 Å². The second kappa shape index (κ2) is 10.4. The quantitative estimate of drug-likeness (QED) is 0.761. The Morgan fingerprint density at radius 1 is 1.04 bits per heavy atom. The third-order valence-corrected chi connectivity index (χ3v) is 4.56. The van der Waals surface area contributed by atoms with Crippen molar-refractivity contribution in [3.05, 3.63) is 69.7 Å². The van der Waals surface area contributed by atoms with Gasteiger partial charge in [0.05, 0.1) is 28.6 Å². The first kappa shape index (κ1) is 21.5. The molecule has 2 unspecified atom stereocenters. The number of likely N-dealkylation sites (N-methyl/N-ethyl adjacent to an activating group) is 1. The molecule has 0 bridgehead atoms. The number of carbonyl (C=O) groups excluding carboxylic acids is 1. The average Bonchev–Trinajstić information content (AvgIpc) is 2.65. The van der Waals surface area contributed by atoms with Crippen molar-refractivity contribution < 1.29 is 9.90 Å². The summed E-state index contributed by atoms with van der Waals surface area (Å²) in [5, 5.41) is 11.1. The van der Waals surface area contributed by atoms with Crippen LogP contribution in [0.15, 0.2) is 48.5 Å². The maximum absolute atomic E-state index is 12.5. The van der Waals surface area contributed by atoms with E-state index in [2.05, 4.69) is 0 Å². The zero-order valence-corrected chi connectivity index (χ0v) is 16.6. The molecular formula is C20H25Cl2NO2. The van der Waals surface area contributed by atoms with Gasteiger partial charge < -0.3 is 10.0 Å². The summed E-state index contributed by atoms with van der Waals surface area (Å²) in [6, 6.07) is 14.5. The standard InChI is InChI=1S/C18H19Cl2NO2.C2H6/c1-12(14-8-9-15(19)16(20)10-14)18(23)21(2)11-17(22)13-6-4-3-5-7-13;1-2/h3-10,12,17,22H,11H2,1-2H3;1-2H3. The third kappa shape index (κ3) is 6.03. The maximum Gasteiger partial charge on any atom is 0.229 e. The summed E-state index contributed by atoms with van der Waals surface area (Å²) in [5.41, 5.74) is 1.58. The van der Waals surface area contributed by atoms with Gasteiger partial charge in [0.25, 0.3) is 0 Å². The van der Waals surface area contributed by atoms with Gasteiger partial charge in [0, 0.05) is 7.05 Å². The van der Waals surface area contributed by atoms with Crippen molar-refractivity contribution in [2.75, 3.05) is 13.6 Å². The Morgan fingerprint density at radius 3 is 2.20 bits per heavy atom. The van der Waals surface area contributed by atoms with Crippen LogP contribution in [0, 0.1) is 0 Å². The van der Waals surface area contributed by atoms with Crippen molar-refractivity contribution in [3.8, 4) is 0 Å². The lowest BCUT2D eigenvalue weighted by molar-refractivity contribution is -0.132. The van der Waals surface area contributed by atoms with E-state index in [-0.39, 0.29) is 18.4 Å². The van der Waals surface area contributed by atoms with E-state index >= 15 is 0 Å². The molecule has 2 atom stereocenters. The Hall–Kier alpha value is -1.55. The molecule has 0 aliphatic rings. The lowest BCUT2D eigenvalue weighted by Crippen LogP contribution is -2.34. The van der Waals surface area contributed by atoms with Crippen molar-refractivity contribution in [2.24, 2.45) is 0 Å². The number of nitrogens with zero attached hydrogens (tertiary/aromatic N) is 1. The Bertz CT molecular complexity index is 677. The van der Waals surface area contributed by atoms with E-state index in [0.29, 0.717) is 10.0 Å². The van der Waals surface area contributed by atoms with E-state index in [1.807, 2.05) is 51.1 Å². The van der Waals surface area contributed by atoms with Gasteiger partial charge in [-0.3, -0.25) is 4.79 Å². The summed E-state index contributed by atoms with van der Waals surface area (Å²) in [4.78, 5) is 14.1. The van der Waals surface area contributed by atoms with Gasteiger partial charge >= 0.3 is 0 Å². The number of amides is 1. The zero-order valence-electron chi connectivity index (χ0n) is 15.0. The summed E-state index contributed by atoms with van der Waals surface area (Å²) in [6.45, 7) is 6.04. The monoisotopic (exact) mass is 381 g/mol. The van der Waals surface area contributed by atoms with Crippen LogP contribution in [0.1, 0.15) is 43.9 Å². The molecule has 0 spiro atoms. The molecule has 0 saturated heterocycles. The number of hydrogen-bond acceptors (Lipinski definition) is 2. The molecule has 25 heavy (non-hydrogen) atoms. The molecule has 2 aromatic rings. The highest BCUT2D eigenvalue weighted by molar-refractivity contribution is 6.42. The summed E-state index contributed by atoms with van der Waals surface area (Å²) in [6.07, 6.45) is -0.717. The molecule has 136 valence electrons. The number of carbonyl (C=O) groups is 1. The van der Waals surface area contributed by atoms with Crippen LogP contribution in [0.4, 0.5) is 0 Å². The van der Waals surface area contributed by atoms with Crippen molar-refractivity contribution in [3.63, 3.8) is 0 Å². The predicted octanol–water partition coefficient (Wildman–Crippen LogP) is 5.32. The molecule has 5 heteroatoms. The fourth-order valence-corrected chi connectivity index (χ4v) is 2.69. The minimum Gasteiger partial charge on any atom is -0.387 e. The van der Waals surface area contributed by atoms with Gasteiger partial charge in [-0.2, -0.15) is 0 Å². The van der Waals surface area contributed by atoms with Gasteiger partial charge in [-0.05, 0) is 30.2 Å². The van der Waals surface area contributed by atoms with Gasteiger partial charge in [0.15, 0.2) is 0 Å². The van der Waals surface area contributed by atoms with Crippen molar-refractivity contribution in [2.45, 2.75) is 32.8 Å². The number of hydrogen-bond donors (Lipinski definition) is 1. The van der Waals surface area contributed by atoms with Gasteiger partial charge in [-0.15, -0.1) is 0 Å². The molecule has 2 rings (SSSR count). The predicted molar refractivity (Wildman–Crippen MR) is 105 cm³/mol. The highest BCUT2D eigenvalue weighted by atomic mass is 35.5. The van der Waals surface area contributed by atoms with Crippen molar-refractivity contribution in [1.82, 2.24) is 4.90 Å². The Kier molecular flexibility index (Phi) is 8.98. The number of aliphatic hydroxyl groups is 1. The normalized spacial score (nSPS) is 12.6. The molecule has 0 heterocycles.